The summed E-state index contributed by atoms with van der Waals surface area (Å²) in [5.41, 5.74) is -2.02. The van der Waals surface area contributed by atoms with Gasteiger partial charge in [-0.15, -0.1) is 0 Å². The topological polar surface area (TPSA) is 69.7 Å². The van der Waals surface area contributed by atoms with Crippen molar-refractivity contribution in [2.75, 3.05) is 6.61 Å². The zero-order chi connectivity index (χ0) is 20.3. The average molecular weight is 464 g/mol. The van der Waals surface area contributed by atoms with E-state index >= 15 is 0 Å². The van der Waals surface area contributed by atoms with E-state index in [0.717, 1.165) is 4.47 Å². The van der Waals surface area contributed by atoms with Crippen LogP contribution in [0.4, 0.5) is 0 Å². The van der Waals surface area contributed by atoms with Crippen LogP contribution in [0.3, 0.4) is 0 Å². The smallest absolute Gasteiger partial charge is 0.330 e. The van der Waals surface area contributed by atoms with Gasteiger partial charge in [0.1, 0.15) is 5.75 Å². The first kappa shape index (κ1) is 19.2. The number of ketones is 1. The Bertz CT molecular complexity index is 1020. The lowest BCUT2D eigenvalue weighted by atomic mass is 9.87. The number of fused-ring (bicyclic) bond motifs is 3. The molecule has 0 N–H and O–H groups in total. The normalized spacial score (nSPS) is 27.3. The van der Waals surface area contributed by atoms with Crippen LogP contribution in [0.5, 0.6) is 5.75 Å². The van der Waals surface area contributed by atoms with Crippen molar-refractivity contribution in [1.29, 1.82) is 0 Å². The summed E-state index contributed by atoms with van der Waals surface area (Å²) in [5, 5.41) is 0.490. The number of hydrogen-bond donors (Lipinski definition) is 0. The van der Waals surface area contributed by atoms with Crippen LogP contribution in [0.15, 0.2) is 46.9 Å². The van der Waals surface area contributed by atoms with E-state index in [9.17, 15) is 14.4 Å². The van der Waals surface area contributed by atoms with Gasteiger partial charge in [-0.2, -0.15) is 0 Å². The molecule has 2 aromatic carbocycles. The fraction of sp³-hybridized carbons (Fsp3) is 0.286. The number of benzene rings is 2. The minimum atomic E-state index is -1.70. The molecule has 1 saturated carbocycles. The third kappa shape index (κ3) is 2.34. The fourth-order valence-electron chi connectivity index (χ4n) is 4.38. The lowest BCUT2D eigenvalue weighted by molar-refractivity contribution is -0.162. The molecule has 0 unspecified atom stereocenters. The van der Waals surface area contributed by atoms with Gasteiger partial charge >= 0.3 is 11.9 Å². The van der Waals surface area contributed by atoms with E-state index < -0.39 is 28.7 Å². The molecule has 5 nitrogen and oxygen atoms in total. The molecule has 7 heteroatoms. The Labute approximate surface area is 175 Å². The Hall–Kier alpha value is -2.18. The lowest BCUT2D eigenvalue weighted by Gasteiger charge is -2.22. The first-order valence-electron chi connectivity index (χ1n) is 8.77. The summed E-state index contributed by atoms with van der Waals surface area (Å²) in [5.74, 6) is -2.13. The van der Waals surface area contributed by atoms with Crippen molar-refractivity contribution in [2.45, 2.75) is 19.8 Å². The van der Waals surface area contributed by atoms with Gasteiger partial charge < -0.3 is 9.47 Å². The van der Waals surface area contributed by atoms with Crippen LogP contribution in [0.1, 0.15) is 35.7 Å². The van der Waals surface area contributed by atoms with E-state index in [0.29, 0.717) is 21.9 Å². The highest BCUT2D eigenvalue weighted by Crippen LogP contribution is 2.78. The maximum absolute atomic E-state index is 13.5. The molecule has 28 heavy (non-hydrogen) atoms. The molecule has 2 aliphatic rings. The highest BCUT2D eigenvalue weighted by Gasteiger charge is 2.89. The van der Waals surface area contributed by atoms with Crippen LogP contribution in [-0.4, -0.2) is 24.3 Å². The molecule has 1 aliphatic heterocycles. The molecule has 3 atom stereocenters. The number of hydrogen-bond acceptors (Lipinski definition) is 5. The Balaban J connectivity index is 1.90. The molecule has 1 aliphatic carbocycles. The van der Waals surface area contributed by atoms with E-state index in [1.807, 2.05) is 0 Å². The van der Waals surface area contributed by atoms with Gasteiger partial charge in [-0.1, -0.05) is 27.5 Å². The first-order valence-corrected chi connectivity index (χ1v) is 9.94. The Morgan fingerprint density at radius 2 is 1.89 bits per heavy atom. The minimum absolute atomic E-state index is 0.0944. The zero-order valence-corrected chi connectivity index (χ0v) is 17.5. The van der Waals surface area contributed by atoms with Gasteiger partial charge in [-0.25, -0.2) is 0 Å². The number of carbonyl (C=O) groups excluding carboxylic acids is 3. The third-order valence-electron chi connectivity index (χ3n) is 5.73. The van der Waals surface area contributed by atoms with Crippen molar-refractivity contribution in [1.82, 2.24) is 0 Å². The van der Waals surface area contributed by atoms with Crippen molar-refractivity contribution < 1.29 is 23.9 Å². The van der Waals surface area contributed by atoms with E-state index in [1.165, 1.54) is 0 Å². The lowest BCUT2D eigenvalue weighted by Crippen LogP contribution is -2.40. The first-order chi connectivity index (χ1) is 13.3. The number of halogens is 2. The Morgan fingerprint density at radius 1 is 1.21 bits per heavy atom. The number of rotatable bonds is 4. The minimum Gasteiger partial charge on any atom is -0.465 e. The van der Waals surface area contributed by atoms with Gasteiger partial charge in [0.2, 0.25) is 0 Å². The van der Waals surface area contributed by atoms with Crippen molar-refractivity contribution in [3.8, 4) is 5.75 Å². The van der Waals surface area contributed by atoms with E-state index in [2.05, 4.69) is 15.9 Å². The summed E-state index contributed by atoms with van der Waals surface area (Å²) in [6, 6.07) is 11.6. The third-order valence-corrected chi connectivity index (χ3v) is 6.47. The molecule has 0 amide bonds. The Kier molecular flexibility index (Phi) is 4.39. The van der Waals surface area contributed by atoms with Crippen molar-refractivity contribution >= 4 is 45.3 Å². The number of carbonyl (C=O) groups is 3. The summed E-state index contributed by atoms with van der Waals surface area (Å²) in [7, 11) is 0. The second kappa shape index (κ2) is 6.42. The predicted molar refractivity (Wildman–Crippen MR) is 105 cm³/mol. The molecule has 0 aromatic heterocycles. The van der Waals surface area contributed by atoms with E-state index in [4.69, 9.17) is 21.1 Å². The number of esters is 2. The molecular weight excluding hydrogens is 448 g/mol. The average Bonchev–Trinajstić information content (AvgIpc) is 3.26. The molecular formula is C21H16BrClO5. The number of Topliss-reactive ketones (excluding diaryl/α,β-unsaturated/α-hetero) is 1. The molecule has 0 spiro atoms. The van der Waals surface area contributed by atoms with Crippen molar-refractivity contribution in [3.05, 3.63) is 63.1 Å². The molecule has 0 radical (unpaired) electrons. The maximum atomic E-state index is 13.5. The molecule has 0 saturated heterocycles. The van der Waals surface area contributed by atoms with Gasteiger partial charge in [-0.3, -0.25) is 14.4 Å². The van der Waals surface area contributed by atoms with Crippen LogP contribution < -0.4 is 4.74 Å². The van der Waals surface area contributed by atoms with Crippen LogP contribution in [-0.2, 0) is 14.3 Å². The zero-order valence-electron chi connectivity index (χ0n) is 15.1. The summed E-state index contributed by atoms with van der Waals surface area (Å²) < 4.78 is 11.5. The van der Waals surface area contributed by atoms with E-state index in [-0.39, 0.29) is 12.4 Å². The molecule has 2 aromatic rings. The van der Waals surface area contributed by atoms with Gasteiger partial charge in [0, 0.05) is 26.5 Å². The molecule has 1 fully saturated rings. The summed E-state index contributed by atoms with van der Waals surface area (Å²) in [6.07, 6.45) is 0. The van der Waals surface area contributed by atoms with Gasteiger partial charge in [-0.05, 0) is 56.3 Å². The molecule has 1 heterocycles. The number of ether oxygens (including phenoxy) is 2. The quantitative estimate of drug-likeness (QED) is 0.288. The maximum Gasteiger partial charge on any atom is 0.330 e. The largest absolute Gasteiger partial charge is 0.465 e. The van der Waals surface area contributed by atoms with E-state index in [1.54, 1.807) is 56.3 Å². The van der Waals surface area contributed by atoms with Crippen LogP contribution in [0.2, 0.25) is 5.02 Å². The highest BCUT2D eigenvalue weighted by atomic mass is 79.9. The second-order valence-electron chi connectivity index (χ2n) is 7.07. The van der Waals surface area contributed by atoms with Crippen molar-refractivity contribution in [2.24, 2.45) is 10.8 Å². The Morgan fingerprint density at radius 3 is 2.54 bits per heavy atom. The van der Waals surface area contributed by atoms with Crippen molar-refractivity contribution in [3.63, 3.8) is 0 Å². The molecule has 0 bridgehead atoms. The standard InChI is InChI=1S/C21H16BrClO5/c1-3-27-18(25)21-16(14-10-12(22)6-9-15(14)28-19(21)26)20(21,2)17(24)11-4-7-13(23)8-5-11/h4-10,16H,3H2,1-2H3/t16-,20-,21-/m0/s1. The second-order valence-corrected chi connectivity index (χ2v) is 8.42. The van der Waals surface area contributed by atoms with Gasteiger partial charge in [0.25, 0.3) is 0 Å². The summed E-state index contributed by atoms with van der Waals surface area (Å²) in [4.78, 5) is 39.5. The summed E-state index contributed by atoms with van der Waals surface area (Å²) in [6.45, 7) is 3.38. The monoisotopic (exact) mass is 462 g/mol. The molecule has 4 rings (SSSR count). The fourth-order valence-corrected chi connectivity index (χ4v) is 4.89. The van der Waals surface area contributed by atoms with Gasteiger partial charge in [0.05, 0.1) is 12.0 Å². The summed E-state index contributed by atoms with van der Waals surface area (Å²) >= 11 is 9.34. The van der Waals surface area contributed by atoms with Crippen LogP contribution >= 0.6 is 27.5 Å². The highest BCUT2D eigenvalue weighted by molar-refractivity contribution is 9.10. The predicted octanol–water partition coefficient (Wildman–Crippen LogP) is 4.56. The molecule has 144 valence electrons. The SMILES string of the molecule is CCOC(=O)[C@]12C(=O)Oc3ccc(Br)cc3[C@H]1[C@@]2(C)C(=O)c1ccc(Cl)cc1. The van der Waals surface area contributed by atoms with Crippen LogP contribution in [0.25, 0.3) is 0 Å². The van der Waals surface area contributed by atoms with Gasteiger partial charge in [0.15, 0.2) is 11.2 Å². The van der Waals surface area contributed by atoms with Crippen LogP contribution in [0, 0.1) is 10.8 Å².